The quantitative estimate of drug-likeness (QED) is 0.423. The highest BCUT2D eigenvalue weighted by atomic mass is 35.5. The van der Waals surface area contributed by atoms with Crippen LogP contribution in [0.25, 0.3) is 10.9 Å². The maximum absolute atomic E-state index is 13.8. The summed E-state index contributed by atoms with van der Waals surface area (Å²) in [5.41, 5.74) is 1.55. The molecule has 0 spiro atoms. The largest absolute Gasteiger partial charge is 0.481 e. The summed E-state index contributed by atoms with van der Waals surface area (Å²) in [5.74, 6) is 0.00179. The lowest BCUT2D eigenvalue weighted by molar-refractivity contribution is -0.159. The molecule has 0 unspecified atom stereocenters. The Labute approximate surface area is 208 Å². The van der Waals surface area contributed by atoms with Crippen LogP contribution in [0.1, 0.15) is 31.4 Å². The number of nitrogens with one attached hydrogen (secondary N) is 2. The molecule has 1 aromatic heterocycles. The summed E-state index contributed by atoms with van der Waals surface area (Å²) in [6, 6.07) is 15.4. The predicted octanol–water partition coefficient (Wildman–Crippen LogP) is 5.52. The molecule has 1 saturated carbocycles. The summed E-state index contributed by atoms with van der Waals surface area (Å²) < 4.78 is 25.3. The van der Waals surface area contributed by atoms with E-state index in [0.717, 1.165) is 53.8 Å². The summed E-state index contributed by atoms with van der Waals surface area (Å²) in [6.07, 6.45) is 4.39. The summed E-state index contributed by atoms with van der Waals surface area (Å²) in [7, 11) is 0. The number of nitrogens with zero attached hydrogens (tertiary/aromatic N) is 1. The molecule has 1 aliphatic carbocycles. The van der Waals surface area contributed by atoms with Crippen LogP contribution in [-0.2, 0) is 11.3 Å². The van der Waals surface area contributed by atoms with Gasteiger partial charge in [0.15, 0.2) is 5.60 Å². The standard InChI is InChI=1S/C26H28Cl2FN3O2/c27-18-2-10-25-17(11-18)1-3-21(32-25)13-30-19-4-6-20(7-5-19)31-14-26(15-33-16-26)34-22-8-9-23(28)24(29)12-22/h1-3,8-12,19-20,30-31H,4-7,13-16H2/t19-,20-. The Bertz CT molecular complexity index is 1150. The first-order valence-electron chi connectivity index (χ1n) is 11.7. The van der Waals surface area contributed by atoms with Crippen LogP contribution in [0.15, 0.2) is 48.5 Å². The molecule has 180 valence electrons. The molecule has 0 atom stereocenters. The van der Waals surface area contributed by atoms with E-state index in [0.29, 0.717) is 37.6 Å². The van der Waals surface area contributed by atoms with Crippen LogP contribution in [0.4, 0.5) is 4.39 Å². The fourth-order valence-electron chi connectivity index (χ4n) is 4.64. The van der Waals surface area contributed by atoms with Gasteiger partial charge in [-0.25, -0.2) is 4.39 Å². The van der Waals surface area contributed by atoms with Crippen molar-refractivity contribution in [3.05, 3.63) is 70.1 Å². The maximum atomic E-state index is 13.8. The molecule has 1 saturated heterocycles. The third kappa shape index (κ3) is 5.64. The van der Waals surface area contributed by atoms with Crippen molar-refractivity contribution in [2.75, 3.05) is 19.8 Å². The summed E-state index contributed by atoms with van der Waals surface area (Å²) >= 11 is 11.8. The molecule has 2 N–H and O–H groups in total. The van der Waals surface area contributed by atoms with Crippen LogP contribution < -0.4 is 15.4 Å². The summed E-state index contributed by atoms with van der Waals surface area (Å²) in [6.45, 7) is 2.41. The summed E-state index contributed by atoms with van der Waals surface area (Å²) in [4.78, 5) is 4.74. The topological polar surface area (TPSA) is 55.4 Å². The van der Waals surface area contributed by atoms with Gasteiger partial charge in [-0.05, 0) is 62.1 Å². The Morgan fingerprint density at radius 2 is 1.74 bits per heavy atom. The minimum atomic E-state index is -0.475. The fourth-order valence-corrected chi connectivity index (χ4v) is 4.93. The van der Waals surface area contributed by atoms with Gasteiger partial charge in [-0.15, -0.1) is 0 Å². The molecule has 0 radical (unpaired) electrons. The Morgan fingerprint density at radius 1 is 0.971 bits per heavy atom. The maximum Gasteiger partial charge on any atom is 0.167 e. The monoisotopic (exact) mass is 503 g/mol. The van der Waals surface area contributed by atoms with Crippen LogP contribution in [-0.4, -0.2) is 42.4 Å². The molecule has 2 heterocycles. The molecule has 2 aromatic carbocycles. The predicted molar refractivity (Wildman–Crippen MR) is 133 cm³/mol. The second-order valence-electron chi connectivity index (χ2n) is 9.30. The van der Waals surface area contributed by atoms with Gasteiger partial charge in [0.2, 0.25) is 0 Å². The Morgan fingerprint density at radius 3 is 2.44 bits per heavy atom. The summed E-state index contributed by atoms with van der Waals surface area (Å²) in [5, 5.41) is 9.20. The van der Waals surface area contributed by atoms with Crippen molar-refractivity contribution in [3.63, 3.8) is 0 Å². The van der Waals surface area contributed by atoms with E-state index in [1.807, 2.05) is 18.2 Å². The number of ether oxygens (including phenoxy) is 2. The zero-order valence-electron chi connectivity index (χ0n) is 18.8. The molecule has 2 fully saturated rings. The van der Waals surface area contributed by atoms with Crippen LogP contribution in [0.3, 0.4) is 0 Å². The van der Waals surface area contributed by atoms with Crippen molar-refractivity contribution in [2.24, 2.45) is 0 Å². The van der Waals surface area contributed by atoms with E-state index in [2.05, 4.69) is 22.8 Å². The number of hydrogen-bond acceptors (Lipinski definition) is 5. The molecule has 34 heavy (non-hydrogen) atoms. The molecule has 2 aliphatic rings. The third-order valence-electron chi connectivity index (χ3n) is 6.68. The first-order valence-corrected chi connectivity index (χ1v) is 12.5. The first-order chi connectivity index (χ1) is 16.5. The Kier molecular flexibility index (Phi) is 7.23. The SMILES string of the molecule is Fc1cc(OC2(CN[C@H]3CC[C@H](NCc4ccc5cc(Cl)ccc5n4)CC3)COC2)ccc1Cl. The second-order valence-corrected chi connectivity index (χ2v) is 10.1. The number of rotatable bonds is 8. The van der Waals surface area contributed by atoms with Crippen molar-refractivity contribution in [1.29, 1.82) is 0 Å². The lowest BCUT2D eigenvalue weighted by Crippen LogP contribution is -2.61. The van der Waals surface area contributed by atoms with Gasteiger partial charge in [0.25, 0.3) is 0 Å². The van der Waals surface area contributed by atoms with E-state index in [1.54, 1.807) is 6.07 Å². The number of pyridine rings is 1. The van der Waals surface area contributed by atoms with Gasteiger partial charge < -0.3 is 20.1 Å². The first kappa shape index (κ1) is 23.8. The van der Waals surface area contributed by atoms with Crippen molar-refractivity contribution in [2.45, 2.75) is 49.9 Å². The minimum absolute atomic E-state index is 0.0936. The van der Waals surface area contributed by atoms with E-state index in [9.17, 15) is 4.39 Å². The Hall–Kier alpha value is -1.96. The van der Waals surface area contributed by atoms with Gasteiger partial charge in [-0.3, -0.25) is 4.98 Å². The van der Waals surface area contributed by atoms with Crippen molar-refractivity contribution < 1.29 is 13.9 Å². The van der Waals surface area contributed by atoms with Crippen molar-refractivity contribution in [1.82, 2.24) is 15.6 Å². The molecular formula is C26H28Cl2FN3O2. The smallest absolute Gasteiger partial charge is 0.167 e. The van der Waals surface area contributed by atoms with Gasteiger partial charge in [0, 0.05) is 41.6 Å². The average Bonchev–Trinajstić information content (AvgIpc) is 2.82. The van der Waals surface area contributed by atoms with Gasteiger partial charge in [0.05, 0.1) is 29.4 Å². The van der Waals surface area contributed by atoms with E-state index >= 15 is 0 Å². The number of benzene rings is 2. The van der Waals surface area contributed by atoms with Crippen molar-refractivity contribution >= 4 is 34.1 Å². The van der Waals surface area contributed by atoms with Crippen LogP contribution >= 0.6 is 23.2 Å². The van der Waals surface area contributed by atoms with E-state index in [4.69, 9.17) is 37.7 Å². The molecule has 1 aliphatic heterocycles. The van der Waals surface area contributed by atoms with Gasteiger partial charge in [-0.1, -0.05) is 29.3 Å². The van der Waals surface area contributed by atoms with Gasteiger partial charge >= 0.3 is 0 Å². The Balaban J connectivity index is 1.07. The molecule has 5 rings (SSSR count). The molecule has 8 heteroatoms. The normalized spacial score (nSPS) is 21.9. The minimum Gasteiger partial charge on any atom is -0.481 e. The van der Waals surface area contributed by atoms with E-state index in [1.165, 1.54) is 12.1 Å². The van der Waals surface area contributed by atoms with Crippen LogP contribution in [0.2, 0.25) is 10.0 Å². The highest BCUT2D eigenvalue weighted by molar-refractivity contribution is 6.31. The molecular weight excluding hydrogens is 476 g/mol. The highest BCUT2D eigenvalue weighted by Crippen LogP contribution is 2.29. The fraction of sp³-hybridized carbons (Fsp3) is 0.423. The van der Waals surface area contributed by atoms with Gasteiger partial charge in [0.1, 0.15) is 11.6 Å². The number of fused-ring (bicyclic) bond motifs is 1. The van der Waals surface area contributed by atoms with Crippen molar-refractivity contribution in [3.8, 4) is 5.75 Å². The second kappa shape index (κ2) is 10.3. The molecule has 3 aromatic rings. The van der Waals surface area contributed by atoms with Gasteiger partial charge in [-0.2, -0.15) is 0 Å². The van der Waals surface area contributed by atoms with Crippen LogP contribution in [0.5, 0.6) is 5.75 Å². The number of hydrogen-bond donors (Lipinski definition) is 2. The third-order valence-corrected chi connectivity index (χ3v) is 7.22. The molecule has 5 nitrogen and oxygen atoms in total. The van der Waals surface area contributed by atoms with E-state index in [-0.39, 0.29) is 5.02 Å². The van der Waals surface area contributed by atoms with Crippen LogP contribution in [0, 0.1) is 5.82 Å². The van der Waals surface area contributed by atoms with E-state index < -0.39 is 11.4 Å². The zero-order valence-corrected chi connectivity index (χ0v) is 20.3. The lowest BCUT2D eigenvalue weighted by Gasteiger charge is -2.43. The zero-order chi connectivity index (χ0) is 23.5. The lowest BCUT2D eigenvalue weighted by atomic mass is 9.90. The number of aromatic nitrogens is 1. The molecule has 0 bridgehead atoms. The molecule has 0 amide bonds. The highest BCUT2D eigenvalue weighted by Gasteiger charge is 2.41. The average molecular weight is 504 g/mol. The number of halogens is 3.